The summed E-state index contributed by atoms with van der Waals surface area (Å²) in [4.78, 5) is 2.67. The summed E-state index contributed by atoms with van der Waals surface area (Å²) in [5, 5.41) is 0. The third-order valence-corrected chi connectivity index (χ3v) is 6.09. The van der Waals surface area contributed by atoms with Crippen LogP contribution in [-0.4, -0.2) is 43.9 Å². The van der Waals surface area contributed by atoms with Crippen LogP contribution < -0.4 is 0 Å². The van der Waals surface area contributed by atoms with Gasteiger partial charge >= 0.3 is 0 Å². The molecule has 106 valence electrons. The molecule has 2 rings (SSSR count). The molecule has 2 fully saturated rings. The lowest BCUT2D eigenvalue weighted by Gasteiger charge is -2.44. The van der Waals surface area contributed by atoms with Crippen LogP contribution in [-0.2, 0) is 20.9 Å². The predicted molar refractivity (Wildman–Crippen MR) is 79.7 cm³/mol. The Labute approximate surface area is 116 Å². The number of fused-ring (bicyclic) bond motifs is 1. The summed E-state index contributed by atoms with van der Waals surface area (Å²) in [7, 11) is 0. The summed E-state index contributed by atoms with van der Waals surface area (Å²) in [6.07, 6.45) is 6.70. The van der Waals surface area contributed by atoms with Crippen molar-refractivity contribution in [1.82, 2.24) is 4.90 Å². The Bertz CT molecular complexity index is 311. The maximum atomic E-state index is 5.94. The van der Waals surface area contributed by atoms with Crippen molar-refractivity contribution in [1.29, 1.82) is 0 Å². The molecule has 5 heteroatoms. The summed E-state index contributed by atoms with van der Waals surface area (Å²) in [6, 6.07) is 0.740. The molecule has 3 atom stereocenters. The van der Waals surface area contributed by atoms with Crippen molar-refractivity contribution >= 4 is 18.3 Å². The van der Waals surface area contributed by atoms with Crippen LogP contribution in [0.5, 0.6) is 0 Å². The fraction of sp³-hybridized carbons (Fsp3) is 1.00. The lowest BCUT2D eigenvalue weighted by Crippen LogP contribution is -2.49. The third-order valence-electron chi connectivity index (χ3n) is 4.12. The maximum Gasteiger partial charge on any atom is 0.185 e. The summed E-state index contributed by atoms with van der Waals surface area (Å²) < 4.78 is 11.5. The van der Waals surface area contributed by atoms with Gasteiger partial charge in [0.25, 0.3) is 0 Å². The SMILES string of the molecule is CCO[P@@](C)(=S)OC[C@H]1CCCN2CCCC[C@H]12. The Morgan fingerprint density at radius 1 is 1.17 bits per heavy atom. The smallest absolute Gasteiger partial charge is 0.185 e. The lowest BCUT2D eigenvalue weighted by molar-refractivity contribution is 0.0359. The van der Waals surface area contributed by atoms with Crippen LogP contribution in [0.3, 0.4) is 0 Å². The molecule has 2 aliphatic rings. The second kappa shape index (κ2) is 6.81. The minimum atomic E-state index is -1.99. The highest BCUT2D eigenvalue weighted by Gasteiger charge is 2.33. The first-order chi connectivity index (χ1) is 8.62. The molecule has 0 saturated carbocycles. The van der Waals surface area contributed by atoms with Crippen molar-refractivity contribution in [3.05, 3.63) is 0 Å². The molecule has 0 spiro atoms. The molecule has 0 aromatic carbocycles. The molecular formula is C13H26NO2PS. The first kappa shape index (κ1) is 14.9. The highest BCUT2D eigenvalue weighted by Crippen LogP contribution is 2.45. The Morgan fingerprint density at radius 2 is 1.94 bits per heavy atom. The lowest BCUT2D eigenvalue weighted by atomic mass is 9.84. The van der Waals surface area contributed by atoms with E-state index in [-0.39, 0.29) is 0 Å². The zero-order chi connectivity index (χ0) is 13.0. The van der Waals surface area contributed by atoms with Gasteiger partial charge in [0.1, 0.15) is 0 Å². The van der Waals surface area contributed by atoms with Crippen molar-refractivity contribution < 1.29 is 9.05 Å². The largest absolute Gasteiger partial charge is 0.330 e. The number of hydrogen-bond acceptors (Lipinski definition) is 4. The summed E-state index contributed by atoms with van der Waals surface area (Å²) in [6.45, 7) is 5.97. The van der Waals surface area contributed by atoms with Crippen molar-refractivity contribution in [2.75, 3.05) is 33.0 Å². The molecule has 0 radical (unpaired) electrons. The van der Waals surface area contributed by atoms with E-state index in [0.717, 1.165) is 12.6 Å². The average Bonchev–Trinajstić information content (AvgIpc) is 2.36. The maximum absolute atomic E-state index is 5.94. The van der Waals surface area contributed by atoms with Crippen molar-refractivity contribution in [2.24, 2.45) is 5.92 Å². The van der Waals surface area contributed by atoms with E-state index < -0.39 is 6.49 Å². The minimum Gasteiger partial charge on any atom is -0.330 e. The van der Waals surface area contributed by atoms with E-state index in [1.165, 1.54) is 45.2 Å². The van der Waals surface area contributed by atoms with Gasteiger partial charge < -0.3 is 13.9 Å². The topological polar surface area (TPSA) is 21.7 Å². The molecule has 0 aromatic heterocycles. The summed E-state index contributed by atoms with van der Waals surface area (Å²) in [5.74, 6) is 0.668. The Hall–Kier alpha value is 0.530. The van der Waals surface area contributed by atoms with Crippen LogP contribution in [0.1, 0.15) is 39.0 Å². The van der Waals surface area contributed by atoms with Gasteiger partial charge in [-0.2, -0.15) is 0 Å². The fourth-order valence-corrected chi connectivity index (χ4v) is 4.78. The normalized spacial score (nSPS) is 32.8. The van der Waals surface area contributed by atoms with Gasteiger partial charge in [-0.1, -0.05) is 6.42 Å². The van der Waals surface area contributed by atoms with Crippen LogP contribution in [0.2, 0.25) is 0 Å². The molecule has 0 amide bonds. The first-order valence-corrected chi connectivity index (χ1v) is 10.3. The number of nitrogens with zero attached hydrogens (tertiary/aromatic N) is 1. The number of hydrogen-bond donors (Lipinski definition) is 0. The van der Waals surface area contributed by atoms with Gasteiger partial charge in [0.05, 0.1) is 13.2 Å². The van der Waals surface area contributed by atoms with E-state index in [2.05, 4.69) is 4.90 Å². The number of piperidine rings is 2. The van der Waals surface area contributed by atoms with E-state index in [9.17, 15) is 0 Å². The average molecular weight is 291 g/mol. The van der Waals surface area contributed by atoms with Crippen molar-refractivity contribution in [2.45, 2.75) is 45.1 Å². The van der Waals surface area contributed by atoms with E-state index in [1.807, 2.05) is 13.6 Å². The molecule has 3 nitrogen and oxygen atoms in total. The molecular weight excluding hydrogens is 265 g/mol. The zero-order valence-corrected chi connectivity index (χ0v) is 13.3. The van der Waals surface area contributed by atoms with Crippen LogP contribution in [0.4, 0.5) is 0 Å². The Balaban J connectivity index is 1.86. The third kappa shape index (κ3) is 4.01. The molecule has 2 aliphatic heterocycles. The van der Waals surface area contributed by atoms with Gasteiger partial charge in [0.15, 0.2) is 6.49 Å². The monoisotopic (exact) mass is 291 g/mol. The molecule has 0 bridgehead atoms. The quantitative estimate of drug-likeness (QED) is 0.725. The van der Waals surface area contributed by atoms with Gasteiger partial charge in [-0.25, -0.2) is 0 Å². The molecule has 0 aromatic rings. The van der Waals surface area contributed by atoms with Crippen LogP contribution in [0.25, 0.3) is 0 Å². The second-order valence-electron chi connectivity index (χ2n) is 5.49. The Morgan fingerprint density at radius 3 is 2.72 bits per heavy atom. The fourth-order valence-electron chi connectivity index (χ4n) is 3.27. The number of rotatable bonds is 5. The van der Waals surface area contributed by atoms with Gasteiger partial charge in [0.2, 0.25) is 0 Å². The predicted octanol–water partition coefficient (Wildman–Crippen LogP) is 3.24. The molecule has 0 aliphatic carbocycles. The summed E-state index contributed by atoms with van der Waals surface area (Å²) in [5.41, 5.74) is 0. The van der Waals surface area contributed by atoms with Gasteiger partial charge in [-0.3, -0.25) is 0 Å². The highest BCUT2D eigenvalue weighted by atomic mass is 32.5. The van der Waals surface area contributed by atoms with E-state index >= 15 is 0 Å². The van der Waals surface area contributed by atoms with Gasteiger partial charge in [-0.05, 0) is 63.4 Å². The van der Waals surface area contributed by atoms with Crippen LogP contribution in [0.15, 0.2) is 0 Å². The zero-order valence-electron chi connectivity index (χ0n) is 11.6. The van der Waals surface area contributed by atoms with E-state index in [0.29, 0.717) is 12.5 Å². The molecule has 2 heterocycles. The summed E-state index contributed by atoms with van der Waals surface area (Å²) >= 11 is 5.41. The van der Waals surface area contributed by atoms with E-state index in [4.69, 9.17) is 20.9 Å². The van der Waals surface area contributed by atoms with E-state index in [1.54, 1.807) is 0 Å². The minimum absolute atomic E-state index is 0.661. The molecule has 2 saturated heterocycles. The van der Waals surface area contributed by atoms with Gasteiger partial charge in [0, 0.05) is 12.7 Å². The van der Waals surface area contributed by atoms with Gasteiger partial charge in [-0.15, -0.1) is 0 Å². The molecule has 18 heavy (non-hydrogen) atoms. The molecule has 0 unspecified atom stereocenters. The van der Waals surface area contributed by atoms with Crippen molar-refractivity contribution in [3.63, 3.8) is 0 Å². The molecule has 0 N–H and O–H groups in total. The second-order valence-corrected chi connectivity index (χ2v) is 9.54. The highest BCUT2D eigenvalue weighted by molar-refractivity contribution is 8.09. The first-order valence-electron chi connectivity index (χ1n) is 7.23. The Kier molecular flexibility index (Phi) is 5.64. The van der Waals surface area contributed by atoms with Crippen LogP contribution >= 0.6 is 6.49 Å². The van der Waals surface area contributed by atoms with Crippen molar-refractivity contribution in [3.8, 4) is 0 Å². The standard InChI is InChI=1S/C13H26NO2PS/c1-3-15-17(2,18)16-11-12-7-6-10-14-9-5-4-8-13(12)14/h12-13H,3-11H2,1-2H3/t12-,13-,17-/m1/s1. The van der Waals surface area contributed by atoms with Crippen LogP contribution in [0, 0.1) is 5.92 Å².